The van der Waals surface area contributed by atoms with E-state index in [1.165, 1.54) is 6.42 Å². The van der Waals surface area contributed by atoms with Crippen molar-refractivity contribution in [2.45, 2.75) is 71.9 Å². The molecule has 3 rings (SSSR count). The second-order valence-corrected chi connectivity index (χ2v) is 10.7. The SMILES string of the molecule is CC#CC1CC(C[Se]c2ccccc2[N+](=O)[O-])OC1C.CCC(C)/C=C\c1c(C)ncnc1C.CO. The van der Waals surface area contributed by atoms with E-state index in [0.717, 1.165) is 40.3 Å². The Kier molecular flexibility index (Phi) is 14.9. The predicted molar refractivity (Wildman–Crippen MR) is 147 cm³/mol. The molecule has 1 fully saturated rings. The largest absolute Gasteiger partial charge is 0.400 e. The summed E-state index contributed by atoms with van der Waals surface area (Å²) in [7, 11) is 1.00. The molecule has 0 saturated carbocycles. The van der Waals surface area contributed by atoms with E-state index in [9.17, 15) is 10.1 Å². The first-order chi connectivity index (χ1) is 17.3. The van der Waals surface area contributed by atoms with Crippen LogP contribution in [0.1, 0.15) is 57.5 Å². The van der Waals surface area contributed by atoms with Crippen molar-refractivity contribution in [3.8, 4) is 11.8 Å². The van der Waals surface area contributed by atoms with Gasteiger partial charge in [-0.2, -0.15) is 0 Å². The van der Waals surface area contributed by atoms with Crippen LogP contribution in [-0.2, 0) is 4.74 Å². The Morgan fingerprint density at radius 3 is 2.50 bits per heavy atom. The topological polar surface area (TPSA) is 98.4 Å². The van der Waals surface area contributed by atoms with Crippen LogP contribution in [0.2, 0.25) is 5.32 Å². The smallest absolute Gasteiger partial charge is 0.115 e. The molecule has 2 heterocycles. The number of nitro benzene ring substituents is 1. The summed E-state index contributed by atoms with van der Waals surface area (Å²) in [5.41, 5.74) is 3.49. The number of rotatable bonds is 7. The summed E-state index contributed by atoms with van der Waals surface area (Å²) in [6.45, 7) is 12.3. The number of hydrogen-bond donors (Lipinski definition) is 1. The molecule has 8 heteroatoms. The molecule has 196 valence electrons. The Hall–Kier alpha value is -2.56. The molecular formula is C28H39N3O4Se. The maximum Gasteiger partial charge on any atom is 0.115 e. The fourth-order valence-electron chi connectivity index (χ4n) is 3.55. The first-order valence-corrected chi connectivity index (χ1v) is 14.2. The van der Waals surface area contributed by atoms with Crippen LogP contribution in [0, 0.1) is 47.6 Å². The van der Waals surface area contributed by atoms with Crippen molar-refractivity contribution in [2.24, 2.45) is 11.8 Å². The van der Waals surface area contributed by atoms with Gasteiger partial charge in [-0.05, 0) is 19.8 Å². The van der Waals surface area contributed by atoms with Crippen LogP contribution in [0.15, 0.2) is 36.7 Å². The number of benzene rings is 1. The Labute approximate surface area is 222 Å². The van der Waals surface area contributed by atoms with Crippen molar-refractivity contribution in [3.05, 3.63) is 63.7 Å². The minimum Gasteiger partial charge on any atom is -0.400 e. The van der Waals surface area contributed by atoms with Crippen LogP contribution < -0.4 is 4.46 Å². The molecule has 1 saturated heterocycles. The summed E-state index contributed by atoms with van der Waals surface area (Å²) >= 11 is 0.0581. The number of ether oxygens (including phenoxy) is 1. The molecule has 1 aromatic carbocycles. The molecule has 36 heavy (non-hydrogen) atoms. The van der Waals surface area contributed by atoms with E-state index in [-0.39, 0.29) is 37.8 Å². The van der Waals surface area contributed by atoms with E-state index in [4.69, 9.17) is 9.84 Å². The van der Waals surface area contributed by atoms with Gasteiger partial charge in [-0.3, -0.25) is 0 Å². The number of hydrogen-bond acceptors (Lipinski definition) is 6. The minimum atomic E-state index is -0.305. The van der Waals surface area contributed by atoms with Crippen LogP contribution in [0.25, 0.3) is 6.08 Å². The van der Waals surface area contributed by atoms with Gasteiger partial charge in [-0.25, -0.2) is 9.97 Å². The van der Waals surface area contributed by atoms with Crippen LogP contribution in [0.3, 0.4) is 0 Å². The second kappa shape index (κ2) is 17.0. The quantitative estimate of drug-likeness (QED) is 0.223. The molecule has 0 amide bonds. The van der Waals surface area contributed by atoms with Gasteiger partial charge in [0.25, 0.3) is 0 Å². The Morgan fingerprint density at radius 1 is 1.28 bits per heavy atom. The van der Waals surface area contributed by atoms with E-state index in [1.807, 2.05) is 39.8 Å². The summed E-state index contributed by atoms with van der Waals surface area (Å²) < 4.78 is 6.73. The molecule has 1 aliphatic rings. The van der Waals surface area contributed by atoms with Crippen molar-refractivity contribution in [1.82, 2.24) is 9.97 Å². The number of para-hydroxylation sites is 1. The molecule has 0 aliphatic carbocycles. The molecule has 4 atom stereocenters. The maximum atomic E-state index is 11.0. The van der Waals surface area contributed by atoms with Gasteiger partial charge in [0.05, 0.1) is 0 Å². The third-order valence-corrected chi connectivity index (χ3v) is 8.33. The molecule has 1 N–H and O–H groups in total. The van der Waals surface area contributed by atoms with Crippen LogP contribution in [0.5, 0.6) is 0 Å². The van der Waals surface area contributed by atoms with Gasteiger partial charge in [0, 0.05) is 24.1 Å². The minimum absolute atomic E-state index is 0.0581. The van der Waals surface area contributed by atoms with Crippen molar-refractivity contribution in [2.75, 3.05) is 7.11 Å². The summed E-state index contributed by atoms with van der Waals surface area (Å²) in [6.07, 6.45) is 8.42. The zero-order chi connectivity index (χ0) is 27.1. The van der Waals surface area contributed by atoms with Crippen LogP contribution in [0.4, 0.5) is 5.69 Å². The number of aliphatic hydroxyl groups is 1. The monoisotopic (exact) mass is 561 g/mol. The van der Waals surface area contributed by atoms with E-state index in [0.29, 0.717) is 11.8 Å². The van der Waals surface area contributed by atoms with Crippen LogP contribution >= 0.6 is 0 Å². The zero-order valence-electron chi connectivity index (χ0n) is 22.4. The molecule has 7 nitrogen and oxygen atoms in total. The molecule has 0 spiro atoms. The van der Waals surface area contributed by atoms with Crippen molar-refractivity contribution in [1.29, 1.82) is 0 Å². The summed E-state index contributed by atoms with van der Waals surface area (Å²) in [5.74, 6) is 7.04. The number of aliphatic hydroxyl groups excluding tert-OH is 1. The fraction of sp³-hybridized carbons (Fsp3) is 0.500. The van der Waals surface area contributed by atoms with E-state index in [1.54, 1.807) is 18.5 Å². The molecule has 0 bridgehead atoms. The molecule has 1 aliphatic heterocycles. The first-order valence-electron chi connectivity index (χ1n) is 12.1. The molecule has 0 radical (unpaired) electrons. The average molecular weight is 561 g/mol. The van der Waals surface area contributed by atoms with Crippen molar-refractivity contribution in [3.63, 3.8) is 0 Å². The number of nitro groups is 1. The normalized spacial score (nSPS) is 19.3. The van der Waals surface area contributed by atoms with Gasteiger partial charge in [0.1, 0.15) is 6.33 Å². The summed E-state index contributed by atoms with van der Waals surface area (Å²) in [6, 6.07) is 6.98. The van der Waals surface area contributed by atoms with Crippen molar-refractivity contribution >= 4 is 31.2 Å². The van der Waals surface area contributed by atoms with E-state index in [2.05, 4.69) is 47.8 Å². The zero-order valence-corrected chi connectivity index (χ0v) is 24.1. The van der Waals surface area contributed by atoms with Gasteiger partial charge in [-0.15, -0.1) is 0 Å². The van der Waals surface area contributed by atoms with Gasteiger partial charge in [-0.1, -0.05) is 32.4 Å². The predicted octanol–water partition coefficient (Wildman–Crippen LogP) is 4.92. The molecular weight excluding hydrogens is 521 g/mol. The van der Waals surface area contributed by atoms with E-state index < -0.39 is 0 Å². The Morgan fingerprint density at radius 2 is 1.92 bits per heavy atom. The second-order valence-electron chi connectivity index (χ2n) is 8.44. The third kappa shape index (κ3) is 10.2. The number of allylic oxidation sites excluding steroid dienone is 1. The number of aromatic nitrogens is 2. The maximum absolute atomic E-state index is 11.0. The van der Waals surface area contributed by atoms with Crippen LogP contribution in [-0.4, -0.2) is 54.3 Å². The molecule has 4 unspecified atom stereocenters. The van der Waals surface area contributed by atoms with Gasteiger partial charge in [0.2, 0.25) is 0 Å². The summed E-state index contributed by atoms with van der Waals surface area (Å²) in [4.78, 5) is 19.0. The molecule has 2 aromatic rings. The first kappa shape index (κ1) is 31.5. The number of nitrogens with zero attached hydrogens (tertiary/aromatic N) is 3. The summed E-state index contributed by atoms with van der Waals surface area (Å²) in [5, 5.41) is 18.8. The third-order valence-electron chi connectivity index (χ3n) is 5.82. The standard InChI is InChI=1S/C15H17NO3Se.C12H18N2.CH4O/c1-3-6-12-9-13(19-11(12)2)10-20-15-8-5-4-7-14(15)16(17)18;1-5-9(2)6-7-12-10(3)13-8-14-11(12)4;1-2/h4-5,7-8,11-13H,9-10H2,1-2H3;6-9H,5H2,1-4H3;2H,1H3/b;7-6-;. The fourth-order valence-corrected chi connectivity index (χ4v) is 5.74. The van der Waals surface area contributed by atoms with Crippen molar-refractivity contribution < 1.29 is 14.8 Å². The van der Waals surface area contributed by atoms with Gasteiger partial charge >= 0.3 is 125 Å². The Bertz CT molecular complexity index is 1030. The molecule has 1 aromatic heterocycles. The van der Waals surface area contributed by atoms with E-state index >= 15 is 0 Å². The van der Waals surface area contributed by atoms with Gasteiger partial charge < -0.3 is 5.11 Å². The Balaban J connectivity index is 0.000000356. The van der Waals surface area contributed by atoms with Gasteiger partial charge in [0.15, 0.2) is 0 Å². The number of aryl methyl sites for hydroxylation is 2. The average Bonchev–Trinajstić information content (AvgIpc) is 3.23.